The number of fused-ring (bicyclic) bond motifs is 2. The highest BCUT2D eigenvalue weighted by atomic mass is 32.2. The summed E-state index contributed by atoms with van der Waals surface area (Å²) in [5.41, 5.74) is 7.10. The van der Waals surface area contributed by atoms with Crippen LogP contribution in [0.3, 0.4) is 0 Å². The Bertz CT molecular complexity index is 3080. The zero-order valence-electron chi connectivity index (χ0n) is 27.9. The lowest BCUT2D eigenvalue weighted by Crippen LogP contribution is -2.28. The van der Waals surface area contributed by atoms with Crippen LogP contribution in [0.25, 0.3) is 23.3 Å². The molecule has 25 heteroatoms. The van der Waals surface area contributed by atoms with Crippen LogP contribution in [0.15, 0.2) is 96.5 Å². The van der Waals surface area contributed by atoms with Crippen molar-refractivity contribution in [1.29, 1.82) is 0 Å². The van der Waals surface area contributed by atoms with Gasteiger partial charge in [0.05, 0.1) is 26.7 Å². The summed E-state index contributed by atoms with van der Waals surface area (Å²) in [4.78, 5) is 23.0. The highest BCUT2D eigenvalue weighted by molar-refractivity contribution is 7.91. The van der Waals surface area contributed by atoms with Crippen molar-refractivity contribution < 1.29 is 71.7 Å². The third-order valence-electron chi connectivity index (χ3n) is 8.19. The summed E-state index contributed by atoms with van der Waals surface area (Å²) in [6.07, 6.45) is 1.47. The maximum atomic E-state index is 13.3. The number of nitrogen functional groups attached to an aromatic ring is 1. The molecule has 0 atom stereocenters. The average Bonchev–Trinajstić information content (AvgIpc) is 3.09. The standard InChI is InChI=1S/C32H23N5O16S4/c33-21-13-19(55(45,46)47)8-17-12-27(57(51,52)53)30(32(41)28(17)21)37-35-23-6-2-15(10-25(23)39)14-1-5-22(24(38)9-14)34-36-29-26(56(48,49)50)11-16-7-18(54(42,43)44)3-4-20(16)31(29)40/h1-13,34-35,38-39H,33H2,(H,42,43,44)(H,45,46,47)(H,48,49,50)(H,51,52,53). The van der Waals surface area contributed by atoms with Gasteiger partial charge in [0, 0.05) is 11.3 Å². The van der Waals surface area contributed by atoms with Crippen molar-refractivity contribution in [3.8, 4) is 22.6 Å². The maximum absolute atomic E-state index is 13.3. The molecule has 4 aromatic rings. The molecule has 57 heavy (non-hydrogen) atoms. The second-order valence-electron chi connectivity index (χ2n) is 11.9. The highest BCUT2D eigenvalue weighted by Crippen LogP contribution is 2.36. The summed E-state index contributed by atoms with van der Waals surface area (Å²) in [6, 6.07) is 11.8. The number of nitrogens with one attached hydrogen (secondary N) is 2. The summed E-state index contributed by atoms with van der Waals surface area (Å²) < 4.78 is 133. The van der Waals surface area contributed by atoms with Gasteiger partial charge < -0.3 is 15.9 Å². The van der Waals surface area contributed by atoms with Gasteiger partial charge in [0.1, 0.15) is 21.3 Å². The van der Waals surface area contributed by atoms with Crippen LogP contribution < -0.4 is 16.6 Å². The number of hydrogen-bond donors (Lipinski definition) is 9. The molecular weight excluding hydrogens is 839 g/mol. The topological polar surface area (TPSA) is 367 Å². The molecule has 4 aromatic carbocycles. The minimum absolute atomic E-state index is 0.184. The molecule has 296 valence electrons. The second-order valence-corrected chi connectivity index (χ2v) is 17.5. The lowest BCUT2D eigenvalue weighted by Gasteiger charge is -2.18. The van der Waals surface area contributed by atoms with Crippen LogP contribution in [0.4, 0.5) is 17.1 Å². The zero-order valence-corrected chi connectivity index (χ0v) is 31.1. The Kier molecular flexibility index (Phi) is 9.91. The zero-order chi connectivity index (χ0) is 42.0. The number of hydrogen-bond acceptors (Lipinski definition) is 17. The summed E-state index contributed by atoms with van der Waals surface area (Å²) in [7, 11) is -19.9. The van der Waals surface area contributed by atoms with Gasteiger partial charge in [-0.1, -0.05) is 12.1 Å². The molecule has 0 aliphatic heterocycles. The number of benzene rings is 4. The first kappa shape index (κ1) is 40.3. The number of carbonyl (C=O) groups is 2. The number of hydrazone groups is 2. The van der Waals surface area contributed by atoms with Gasteiger partial charge in [-0.2, -0.15) is 43.9 Å². The van der Waals surface area contributed by atoms with Crippen LogP contribution in [0.1, 0.15) is 31.8 Å². The predicted molar refractivity (Wildman–Crippen MR) is 202 cm³/mol. The van der Waals surface area contributed by atoms with Gasteiger partial charge in [0.15, 0.2) is 11.4 Å². The van der Waals surface area contributed by atoms with Crippen molar-refractivity contribution in [2.24, 2.45) is 10.2 Å². The first-order valence-corrected chi connectivity index (χ1v) is 21.0. The monoisotopic (exact) mass is 861 g/mol. The van der Waals surface area contributed by atoms with Gasteiger partial charge >= 0.3 is 0 Å². The molecule has 2 aliphatic carbocycles. The molecular formula is C32H23N5O16S4. The third-order valence-corrected chi connectivity index (χ3v) is 11.6. The number of aromatic hydroxyl groups is 2. The van der Waals surface area contributed by atoms with Crippen LogP contribution in [-0.4, -0.2) is 85.1 Å². The van der Waals surface area contributed by atoms with Crippen molar-refractivity contribution in [3.63, 3.8) is 0 Å². The lowest BCUT2D eigenvalue weighted by atomic mass is 9.93. The van der Waals surface area contributed by atoms with E-state index in [1.807, 2.05) is 0 Å². The fourth-order valence-electron chi connectivity index (χ4n) is 5.55. The molecule has 10 N–H and O–H groups in total. The maximum Gasteiger partial charge on any atom is 0.296 e. The van der Waals surface area contributed by atoms with Crippen LogP contribution in [0, 0.1) is 0 Å². The van der Waals surface area contributed by atoms with Gasteiger partial charge in [-0.15, -0.1) is 0 Å². The van der Waals surface area contributed by atoms with Crippen LogP contribution in [0.5, 0.6) is 11.5 Å². The molecule has 6 rings (SSSR count). The summed E-state index contributed by atoms with van der Waals surface area (Å²) in [5.74, 6) is -3.30. The number of rotatable bonds is 9. The summed E-state index contributed by atoms with van der Waals surface area (Å²) in [5, 5.41) is 29.0. The van der Waals surface area contributed by atoms with E-state index in [2.05, 4.69) is 21.1 Å². The van der Waals surface area contributed by atoms with E-state index in [1.165, 1.54) is 24.3 Å². The molecule has 0 aromatic heterocycles. The third kappa shape index (κ3) is 8.02. The molecule has 21 nitrogen and oxygen atoms in total. The molecule has 0 unspecified atom stereocenters. The molecule has 0 fully saturated rings. The largest absolute Gasteiger partial charge is 0.506 e. The van der Waals surface area contributed by atoms with E-state index in [1.54, 1.807) is 0 Å². The van der Waals surface area contributed by atoms with E-state index in [0.29, 0.717) is 6.08 Å². The molecule has 0 heterocycles. The van der Waals surface area contributed by atoms with Gasteiger partial charge in [-0.3, -0.25) is 38.7 Å². The van der Waals surface area contributed by atoms with Crippen molar-refractivity contribution in [3.05, 3.63) is 98.8 Å². The first-order valence-electron chi connectivity index (χ1n) is 15.2. The number of phenolic OH excluding ortho intramolecular Hbond substituents is 2. The Hall–Kier alpha value is -6.32. The second kappa shape index (κ2) is 14.0. The molecule has 0 spiro atoms. The molecule has 0 radical (unpaired) electrons. The van der Waals surface area contributed by atoms with Crippen LogP contribution in [-0.2, 0) is 40.5 Å². The summed E-state index contributed by atoms with van der Waals surface area (Å²) in [6.45, 7) is 0. The van der Waals surface area contributed by atoms with Crippen molar-refractivity contribution in [2.75, 3.05) is 16.6 Å². The van der Waals surface area contributed by atoms with Crippen molar-refractivity contribution in [2.45, 2.75) is 9.79 Å². The lowest BCUT2D eigenvalue weighted by molar-refractivity contribution is 0.105. The Morgan fingerprint density at radius 1 is 0.526 bits per heavy atom. The van der Waals surface area contributed by atoms with Gasteiger partial charge in [0.2, 0.25) is 11.6 Å². The number of phenols is 2. The normalized spacial score (nSPS) is 16.1. The molecule has 0 bridgehead atoms. The van der Waals surface area contributed by atoms with E-state index in [0.717, 1.165) is 48.5 Å². The number of nitrogens with two attached hydrogens (primary N) is 1. The number of ketones is 2. The molecule has 0 amide bonds. The van der Waals surface area contributed by atoms with Gasteiger partial charge in [0.25, 0.3) is 40.5 Å². The van der Waals surface area contributed by atoms with Crippen molar-refractivity contribution in [1.82, 2.24) is 0 Å². The SMILES string of the molecule is Nc1cc(S(=O)(=O)O)cc2c1C(=O)C(=NNc1ccc(-c3ccc(NN=C4C(=O)c5ccc(S(=O)(=O)O)cc5C=C4S(=O)(=O)O)c(O)c3)cc1O)C(S(=O)(=O)O)=C2. The number of nitrogens with zero attached hydrogens (tertiary/aromatic N) is 2. The Morgan fingerprint density at radius 2 is 0.982 bits per heavy atom. The van der Waals surface area contributed by atoms with Gasteiger partial charge in [-0.05, 0) is 89.0 Å². The molecule has 2 aliphatic rings. The van der Waals surface area contributed by atoms with Crippen LogP contribution in [0.2, 0.25) is 0 Å². The average molecular weight is 862 g/mol. The Labute approximate surface area is 321 Å². The van der Waals surface area contributed by atoms with E-state index in [-0.39, 0.29) is 39.2 Å². The minimum Gasteiger partial charge on any atom is -0.506 e. The van der Waals surface area contributed by atoms with E-state index >= 15 is 0 Å². The predicted octanol–water partition coefficient (Wildman–Crippen LogP) is 2.63. The number of allylic oxidation sites excluding steroid dienone is 2. The number of carbonyl (C=O) groups excluding carboxylic acids is 2. The van der Waals surface area contributed by atoms with Gasteiger partial charge in [-0.25, -0.2) is 0 Å². The Morgan fingerprint density at radius 3 is 1.44 bits per heavy atom. The minimum atomic E-state index is -5.18. The smallest absolute Gasteiger partial charge is 0.296 e. The summed E-state index contributed by atoms with van der Waals surface area (Å²) >= 11 is 0. The van der Waals surface area contributed by atoms with E-state index < -0.39 is 106 Å². The first-order chi connectivity index (χ1) is 26.3. The molecule has 0 saturated carbocycles. The quantitative estimate of drug-likeness (QED) is 0.0505. The Balaban J connectivity index is 1.26. The van der Waals surface area contributed by atoms with Crippen molar-refractivity contribution >= 4 is 92.7 Å². The van der Waals surface area contributed by atoms with E-state index in [4.69, 9.17) is 5.73 Å². The van der Waals surface area contributed by atoms with Crippen LogP contribution >= 0.6 is 0 Å². The van der Waals surface area contributed by atoms with E-state index in [9.17, 15) is 71.7 Å². The fourth-order valence-corrected chi connectivity index (χ4v) is 7.93. The number of Topliss-reactive ketones (excluding diaryl/α,β-unsaturated/α-hetero) is 2. The fraction of sp³-hybridized carbons (Fsp3) is 0. The highest BCUT2D eigenvalue weighted by Gasteiger charge is 2.36. The number of anilines is 3. The molecule has 0 saturated heterocycles.